The SMILES string of the molecule is CC(C)Cn1c(SCc2cc(=O)n3ccsc3n2)nc2ccccc2c1=O. The van der Waals surface area contributed by atoms with Gasteiger partial charge < -0.3 is 0 Å². The van der Waals surface area contributed by atoms with Crippen molar-refractivity contribution in [1.82, 2.24) is 18.9 Å². The van der Waals surface area contributed by atoms with Crippen molar-refractivity contribution in [1.29, 1.82) is 0 Å². The quantitative estimate of drug-likeness (QED) is 0.381. The Labute approximate surface area is 163 Å². The molecule has 0 spiro atoms. The Hall–Kier alpha value is -2.45. The van der Waals surface area contributed by atoms with E-state index >= 15 is 0 Å². The van der Waals surface area contributed by atoms with Gasteiger partial charge in [-0.2, -0.15) is 0 Å². The lowest BCUT2D eigenvalue weighted by atomic mass is 10.2. The molecular formula is C19H18N4O2S2. The molecule has 4 aromatic rings. The van der Waals surface area contributed by atoms with Gasteiger partial charge >= 0.3 is 0 Å². The van der Waals surface area contributed by atoms with E-state index < -0.39 is 0 Å². The van der Waals surface area contributed by atoms with Crippen LogP contribution in [0, 0.1) is 5.92 Å². The van der Waals surface area contributed by atoms with Crippen molar-refractivity contribution < 1.29 is 0 Å². The third kappa shape index (κ3) is 3.54. The van der Waals surface area contributed by atoms with Crippen molar-refractivity contribution in [3.05, 3.63) is 68.3 Å². The molecule has 0 radical (unpaired) electrons. The van der Waals surface area contributed by atoms with Crippen LogP contribution in [0.2, 0.25) is 0 Å². The molecule has 0 bridgehead atoms. The van der Waals surface area contributed by atoms with Gasteiger partial charge in [-0.05, 0) is 18.1 Å². The summed E-state index contributed by atoms with van der Waals surface area (Å²) in [4.78, 5) is 35.0. The molecule has 0 saturated carbocycles. The number of para-hydroxylation sites is 1. The summed E-state index contributed by atoms with van der Waals surface area (Å²) in [5, 5.41) is 3.12. The maximum Gasteiger partial charge on any atom is 0.262 e. The van der Waals surface area contributed by atoms with Gasteiger partial charge in [-0.25, -0.2) is 9.97 Å². The highest BCUT2D eigenvalue weighted by molar-refractivity contribution is 7.98. The molecule has 1 aromatic carbocycles. The Bertz CT molecular complexity index is 1240. The van der Waals surface area contributed by atoms with Crippen LogP contribution in [0.4, 0.5) is 0 Å². The van der Waals surface area contributed by atoms with E-state index in [-0.39, 0.29) is 11.1 Å². The lowest BCUT2D eigenvalue weighted by molar-refractivity contribution is 0.475. The molecule has 6 nitrogen and oxygen atoms in total. The second-order valence-electron chi connectivity index (χ2n) is 6.65. The molecule has 8 heteroatoms. The van der Waals surface area contributed by atoms with Crippen LogP contribution < -0.4 is 11.1 Å². The van der Waals surface area contributed by atoms with Gasteiger partial charge in [0, 0.05) is 29.9 Å². The lowest BCUT2D eigenvalue weighted by Crippen LogP contribution is -2.25. The standard InChI is InChI=1S/C19H18N4O2S2/c1-12(2)10-23-17(25)14-5-3-4-6-15(14)21-19(23)27-11-13-9-16(24)22-7-8-26-18(22)20-13/h3-9,12H,10-11H2,1-2H3. The fourth-order valence-electron chi connectivity index (χ4n) is 2.88. The first-order chi connectivity index (χ1) is 13.0. The number of benzene rings is 1. The molecular weight excluding hydrogens is 380 g/mol. The second kappa shape index (κ2) is 7.28. The largest absolute Gasteiger partial charge is 0.287 e. The Balaban J connectivity index is 1.73. The minimum absolute atomic E-state index is 0.0291. The fourth-order valence-corrected chi connectivity index (χ4v) is 4.52. The molecule has 0 amide bonds. The molecule has 0 aliphatic rings. The number of fused-ring (bicyclic) bond motifs is 2. The maximum absolute atomic E-state index is 12.9. The molecule has 0 aliphatic heterocycles. The maximum atomic E-state index is 12.9. The van der Waals surface area contributed by atoms with E-state index in [0.29, 0.717) is 44.9 Å². The highest BCUT2D eigenvalue weighted by atomic mass is 32.2. The van der Waals surface area contributed by atoms with Crippen LogP contribution in [0.1, 0.15) is 19.5 Å². The smallest absolute Gasteiger partial charge is 0.262 e. The average Bonchev–Trinajstić information content (AvgIpc) is 3.12. The summed E-state index contributed by atoms with van der Waals surface area (Å²) in [6.07, 6.45) is 1.72. The number of nitrogens with zero attached hydrogens (tertiary/aromatic N) is 4. The van der Waals surface area contributed by atoms with Crippen LogP contribution in [0.25, 0.3) is 15.9 Å². The van der Waals surface area contributed by atoms with E-state index in [1.54, 1.807) is 16.8 Å². The van der Waals surface area contributed by atoms with Crippen LogP contribution in [-0.4, -0.2) is 18.9 Å². The van der Waals surface area contributed by atoms with Gasteiger partial charge in [0.05, 0.1) is 16.6 Å². The molecule has 0 fully saturated rings. The zero-order chi connectivity index (χ0) is 19.0. The van der Waals surface area contributed by atoms with Crippen molar-refractivity contribution in [2.24, 2.45) is 5.92 Å². The summed E-state index contributed by atoms with van der Waals surface area (Å²) >= 11 is 2.86. The summed E-state index contributed by atoms with van der Waals surface area (Å²) < 4.78 is 3.26. The van der Waals surface area contributed by atoms with E-state index in [2.05, 4.69) is 18.8 Å². The van der Waals surface area contributed by atoms with Gasteiger partial charge in [0.25, 0.3) is 11.1 Å². The number of hydrogen-bond acceptors (Lipinski definition) is 6. The van der Waals surface area contributed by atoms with Crippen molar-refractivity contribution in [2.75, 3.05) is 0 Å². The van der Waals surface area contributed by atoms with E-state index in [1.807, 2.05) is 29.6 Å². The monoisotopic (exact) mass is 398 g/mol. The van der Waals surface area contributed by atoms with Gasteiger partial charge in [0.2, 0.25) is 0 Å². The molecule has 3 heterocycles. The Kier molecular flexibility index (Phi) is 4.84. The third-order valence-electron chi connectivity index (χ3n) is 4.08. The van der Waals surface area contributed by atoms with Crippen LogP contribution in [0.5, 0.6) is 0 Å². The number of aromatic nitrogens is 4. The first-order valence-electron chi connectivity index (χ1n) is 8.61. The topological polar surface area (TPSA) is 69.3 Å². The van der Waals surface area contributed by atoms with Gasteiger partial charge in [0.15, 0.2) is 10.1 Å². The first kappa shape index (κ1) is 17.9. The number of thiazole rings is 1. The minimum Gasteiger partial charge on any atom is -0.287 e. The fraction of sp³-hybridized carbons (Fsp3) is 0.263. The summed E-state index contributed by atoms with van der Waals surface area (Å²) in [5.41, 5.74) is 1.25. The average molecular weight is 399 g/mol. The van der Waals surface area contributed by atoms with Crippen molar-refractivity contribution in [3.8, 4) is 0 Å². The van der Waals surface area contributed by atoms with Crippen LogP contribution >= 0.6 is 23.1 Å². The second-order valence-corrected chi connectivity index (χ2v) is 8.47. The van der Waals surface area contributed by atoms with Crippen molar-refractivity contribution in [3.63, 3.8) is 0 Å². The molecule has 3 aromatic heterocycles. The lowest BCUT2D eigenvalue weighted by Gasteiger charge is -2.14. The van der Waals surface area contributed by atoms with Gasteiger partial charge in [-0.1, -0.05) is 37.7 Å². The summed E-state index contributed by atoms with van der Waals surface area (Å²) in [6.45, 7) is 4.74. The Morgan fingerprint density at radius 2 is 2.00 bits per heavy atom. The zero-order valence-corrected chi connectivity index (χ0v) is 16.6. The van der Waals surface area contributed by atoms with Gasteiger partial charge in [-0.3, -0.25) is 18.6 Å². The van der Waals surface area contributed by atoms with Crippen LogP contribution in [0.3, 0.4) is 0 Å². The Morgan fingerprint density at radius 3 is 2.81 bits per heavy atom. The van der Waals surface area contributed by atoms with E-state index in [1.165, 1.54) is 27.5 Å². The molecule has 0 unspecified atom stereocenters. The van der Waals surface area contributed by atoms with Gasteiger partial charge in [-0.15, -0.1) is 11.3 Å². The number of hydrogen-bond donors (Lipinski definition) is 0. The van der Waals surface area contributed by atoms with Gasteiger partial charge in [0.1, 0.15) is 0 Å². The van der Waals surface area contributed by atoms with Crippen LogP contribution in [0.15, 0.2) is 56.7 Å². The van der Waals surface area contributed by atoms with E-state index in [4.69, 9.17) is 4.98 Å². The highest BCUT2D eigenvalue weighted by Crippen LogP contribution is 2.22. The summed E-state index contributed by atoms with van der Waals surface area (Å²) in [6, 6.07) is 8.93. The normalized spacial score (nSPS) is 11.7. The predicted molar refractivity (Wildman–Crippen MR) is 110 cm³/mol. The van der Waals surface area contributed by atoms with E-state index in [0.717, 1.165) is 0 Å². The molecule has 27 heavy (non-hydrogen) atoms. The van der Waals surface area contributed by atoms with Crippen molar-refractivity contribution in [2.45, 2.75) is 31.3 Å². The first-order valence-corrected chi connectivity index (χ1v) is 10.5. The molecule has 4 rings (SSSR count). The summed E-state index contributed by atoms with van der Waals surface area (Å²) in [7, 11) is 0. The number of rotatable bonds is 5. The molecule has 0 atom stereocenters. The highest BCUT2D eigenvalue weighted by Gasteiger charge is 2.13. The van der Waals surface area contributed by atoms with E-state index in [9.17, 15) is 9.59 Å². The summed E-state index contributed by atoms with van der Waals surface area (Å²) in [5.74, 6) is 0.794. The molecule has 0 aliphatic carbocycles. The molecule has 0 saturated heterocycles. The van der Waals surface area contributed by atoms with Crippen LogP contribution in [-0.2, 0) is 12.3 Å². The number of thioether (sulfide) groups is 1. The van der Waals surface area contributed by atoms with Crippen molar-refractivity contribution >= 4 is 39.0 Å². The molecule has 138 valence electrons. The zero-order valence-electron chi connectivity index (χ0n) is 15.0. The minimum atomic E-state index is -0.0945. The third-order valence-corrected chi connectivity index (χ3v) is 5.85. The predicted octanol–water partition coefficient (Wildman–Crippen LogP) is 3.41. The Morgan fingerprint density at radius 1 is 1.19 bits per heavy atom. The molecule has 0 N–H and O–H groups in total.